The zero-order chi connectivity index (χ0) is 21.7. The van der Waals surface area contributed by atoms with E-state index in [9.17, 15) is 9.59 Å². The summed E-state index contributed by atoms with van der Waals surface area (Å²) in [6.45, 7) is 3.93. The molecule has 31 heavy (non-hydrogen) atoms. The molecule has 0 radical (unpaired) electrons. The first-order valence-electron chi connectivity index (χ1n) is 10.4. The highest BCUT2D eigenvalue weighted by Gasteiger charge is 2.29. The van der Waals surface area contributed by atoms with E-state index in [-0.39, 0.29) is 17.8 Å². The van der Waals surface area contributed by atoms with Crippen LogP contribution in [0.2, 0.25) is 0 Å². The third kappa shape index (κ3) is 3.06. The van der Waals surface area contributed by atoms with Crippen LogP contribution in [0.4, 0.5) is 0 Å². The minimum atomic E-state index is -0.188. The summed E-state index contributed by atoms with van der Waals surface area (Å²) in [7, 11) is 1.83. The van der Waals surface area contributed by atoms with Gasteiger partial charge >= 0.3 is 0 Å². The predicted octanol–water partition coefficient (Wildman–Crippen LogP) is 3.97. The van der Waals surface area contributed by atoms with Crippen molar-refractivity contribution in [2.45, 2.75) is 33.1 Å². The van der Waals surface area contributed by atoms with Gasteiger partial charge in [0.2, 0.25) is 0 Å². The fourth-order valence-corrected chi connectivity index (χ4v) is 4.45. The van der Waals surface area contributed by atoms with E-state index >= 15 is 0 Å². The van der Waals surface area contributed by atoms with Crippen molar-refractivity contribution in [3.8, 4) is 17.0 Å². The van der Waals surface area contributed by atoms with Crippen molar-refractivity contribution in [3.63, 3.8) is 0 Å². The Labute approximate surface area is 179 Å². The van der Waals surface area contributed by atoms with Gasteiger partial charge in [-0.05, 0) is 44.4 Å². The molecule has 0 fully saturated rings. The summed E-state index contributed by atoms with van der Waals surface area (Å²) in [5.74, 6) is 0.489. The number of hydrogen-bond donors (Lipinski definition) is 0. The molecule has 0 saturated heterocycles. The van der Waals surface area contributed by atoms with Gasteiger partial charge in [0.1, 0.15) is 0 Å². The number of nitrogens with zero attached hydrogens (tertiary/aromatic N) is 3. The maximum atomic E-state index is 13.2. The van der Waals surface area contributed by atoms with Crippen LogP contribution in [-0.4, -0.2) is 20.3 Å². The van der Waals surface area contributed by atoms with Crippen molar-refractivity contribution in [2.24, 2.45) is 7.05 Å². The smallest absolute Gasteiger partial charge is 0.275 e. The lowest BCUT2D eigenvalue weighted by molar-refractivity contribution is 0.0983. The van der Waals surface area contributed by atoms with Crippen LogP contribution in [0, 0.1) is 13.8 Å². The lowest BCUT2D eigenvalue weighted by atomic mass is 9.87. The average Bonchev–Trinajstić information content (AvgIpc) is 3.29. The maximum Gasteiger partial charge on any atom is 0.275 e. The zero-order valence-corrected chi connectivity index (χ0v) is 17.8. The Balaban J connectivity index is 1.51. The SMILES string of the molecule is Cc1ccc2c(c1)CCc1c(C(=O)Cc3c(C)n(C)n(-c4ccccc4)c3=O)noc1-2. The van der Waals surface area contributed by atoms with Gasteiger partial charge in [0, 0.05) is 35.9 Å². The van der Waals surface area contributed by atoms with Gasteiger partial charge in [0.25, 0.3) is 5.56 Å². The second-order valence-electron chi connectivity index (χ2n) is 8.14. The van der Waals surface area contributed by atoms with Crippen LogP contribution in [0.3, 0.4) is 0 Å². The summed E-state index contributed by atoms with van der Waals surface area (Å²) in [6.07, 6.45) is 1.55. The predicted molar refractivity (Wildman–Crippen MR) is 118 cm³/mol. The van der Waals surface area contributed by atoms with Gasteiger partial charge in [-0.1, -0.05) is 47.1 Å². The van der Waals surface area contributed by atoms with Crippen molar-refractivity contribution >= 4 is 5.78 Å². The van der Waals surface area contributed by atoms with E-state index in [2.05, 4.69) is 18.1 Å². The van der Waals surface area contributed by atoms with Gasteiger partial charge in [-0.25, -0.2) is 4.68 Å². The van der Waals surface area contributed by atoms with Crippen LogP contribution in [0.15, 0.2) is 57.8 Å². The average molecular weight is 413 g/mol. The Hall–Kier alpha value is -3.67. The molecule has 2 aromatic carbocycles. The molecule has 0 N–H and O–H groups in total. The van der Waals surface area contributed by atoms with Crippen molar-refractivity contribution in [1.29, 1.82) is 0 Å². The molecule has 6 heteroatoms. The Morgan fingerprint density at radius 3 is 2.65 bits per heavy atom. The quantitative estimate of drug-likeness (QED) is 0.475. The number of aromatic nitrogens is 3. The lowest BCUT2D eigenvalue weighted by Crippen LogP contribution is -2.22. The minimum Gasteiger partial charge on any atom is -0.355 e. The van der Waals surface area contributed by atoms with E-state index < -0.39 is 0 Å². The van der Waals surface area contributed by atoms with Gasteiger partial charge in [-0.2, -0.15) is 0 Å². The van der Waals surface area contributed by atoms with Crippen LogP contribution < -0.4 is 5.56 Å². The first kappa shape index (κ1) is 19.3. The number of hydrogen-bond acceptors (Lipinski definition) is 4. The molecule has 4 aromatic rings. The third-order valence-electron chi connectivity index (χ3n) is 6.21. The molecule has 0 unspecified atom stereocenters. The summed E-state index contributed by atoms with van der Waals surface area (Å²) >= 11 is 0. The fourth-order valence-electron chi connectivity index (χ4n) is 4.45. The van der Waals surface area contributed by atoms with Crippen molar-refractivity contribution in [1.82, 2.24) is 14.5 Å². The molecule has 0 spiro atoms. The van der Waals surface area contributed by atoms with Crippen LogP contribution >= 0.6 is 0 Å². The molecule has 1 aliphatic rings. The molecule has 0 bridgehead atoms. The Bertz CT molecular complexity index is 1370. The maximum absolute atomic E-state index is 13.2. The van der Waals surface area contributed by atoms with Crippen molar-refractivity contribution in [2.75, 3.05) is 0 Å². The second kappa shape index (κ2) is 7.23. The lowest BCUT2D eigenvalue weighted by Gasteiger charge is -2.15. The second-order valence-corrected chi connectivity index (χ2v) is 8.14. The summed E-state index contributed by atoms with van der Waals surface area (Å²) < 4.78 is 8.99. The van der Waals surface area contributed by atoms with E-state index in [1.54, 1.807) is 9.36 Å². The van der Waals surface area contributed by atoms with Gasteiger partial charge in [-0.3, -0.25) is 14.3 Å². The molecule has 0 saturated carbocycles. The first-order chi connectivity index (χ1) is 15.0. The number of Topliss-reactive ketones (excluding diaryl/α,β-unsaturated/α-hetero) is 1. The number of aryl methyl sites for hydroxylation is 2. The van der Waals surface area contributed by atoms with Crippen molar-refractivity contribution < 1.29 is 9.32 Å². The number of ketones is 1. The highest BCUT2D eigenvalue weighted by atomic mass is 16.5. The molecule has 1 aliphatic carbocycles. The standard InChI is InChI=1S/C25H23N3O3/c1-15-9-11-19-17(13-15)10-12-20-23(26-31-24(19)20)22(29)14-21-16(2)27(3)28(25(21)30)18-7-5-4-6-8-18/h4-9,11,13H,10,12,14H2,1-3H3. The van der Waals surface area contributed by atoms with Gasteiger partial charge in [-0.15, -0.1) is 0 Å². The Kier molecular flexibility index (Phi) is 4.50. The Morgan fingerprint density at radius 1 is 1.10 bits per heavy atom. The highest BCUT2D eigenvalue weighted by Crippen LogP contribution is 2.36. The molecular formula is C25H23N3O3. The van der Waals surface area contributed by atoms with Gasteiger partial charge in [0.05, 0.1) is 5.69 Å². The third-order valence-corrected chi connectivity index (χ3v) is 6.21. The number of benzene rings is 2. The molecule has 6 nitrogen and oxygen atoms in total. The topological polar surface area (TPSA) is 70.0 Å². The van der Waals surface area contributed by atoms with Crippen molar-refractivity contribution in [3.05, 3.63) is 92.5 Å². The van der Waals surface area contributed by atoms with Crippen LogP contribution in [0.5, 0.6) is 0 Å². The number of para-hydroxylation sites is 1. The van der Waals surface area contributed by atoms with E-state index in [0.717, 1.165) is 28.9 Å². The Morgan fingerprint density at radius 2 is 1.87 bits per heavy atom. The van der Waals surface area contributed by atoms with Gasteiger partial charge < -0.3 is 4.52 Å². The fraction of sp³-hybridized carbons (Fsp3) is 0.240. The normalized spacial score (nSPS) is 12.5. The van der Waals surface area contributed by atoms with Crippen LogP contribution in [0.25, 0.3) is 17.0 Å². The molecule has 156 valence electrons. The molecule has 2 heterocycles. The molecule has 0 atom stereocenters. The number of carbonyl (C=O) groups excluding carboxylic acids is 1. The summed E-state index contributed by atoms with van der Waals surface area (Å²) in [5.41, 5.74) is 6.44. The number of fused-ring (bicyclic) bond motifs is 3. The summed E-state index contributed by atoms with van der Waals surface area (Å²) in [6, 6.07) is 15.6. The molecule has 5 rings (SSSR count). The number of rotatable bonds is 4. The molecule has 0 aliphatic heterocycles. The van der Waals surface area contributed by atoms with E-state index in [0.29, 0.717) is 23.4 Å². The monoisotopic (exact) mass is 413 g/mol. The van der Waals surface area contributed by atoms with E-state index in [4.69, 9.17) is 4.52 Å². The minimum absolute atomic E-state index is 0.00192. The molecular weight excluding hydrogens is 390 g/mol. The van der Waals surface area contributed by atoms with Crippen LogP contribution in [0.1, 0.15) is 38.4 Å². The summed E-state index contributed by atoms with van der Waals surface area (Å²) in [5, 5.41) is 4.12. The van der Waals surface area contributed by atoms with E-state index in [1.807, 2.05) is 56.4 Å². The highest BCUT2D eigenvalue weighted by molar-refractivity contribution is 5.98. The largest absolute Gasteiger partial charge is 0.355 e. The van der Waals surface area contributed by atoms with Crippen LogP contribution in [-0.2, 0) is 26.3 Å². The molecule has 0 amide bonds. The van der Waals surface area contributed by atoms with Gasteiger partial charge in [0.15, 0.2) is 17.2 Å². The molecule has 2 aromatic heterocycles. The van der Waals surface area contributed by atoms with E-state index in [1.165, 1.54) is 11.1 Å². The zero-order valence-electron chi connectivity index (χ0n) is 17.8. The first-order valence-corrected chi connectivity index (χ1v) is 10.4. The number of carbonyl (C=O) groups is 1. The summed E-state index contributed by atoms with van der Waals surface area (Å²) in [4.78, 5) is 26.3.